The summed E-state index contributed by atoms with van der Waals surface area (Å²) >= 11 is 0. The first-order chi connectivity index (χ1) is 8.75. The highest BCUT2D eigenvalue weighted by Crippen LogP contribution is 1.93. The van der Waals surface area contributed by atoms with Crippen molar-refractivity contribution in [3.8, 4) is 0 Å². The van der Waals surface area contributed by atoms with Crippen molar-refractivity contribution < 1.29 is 5.11 Å². The molecule has 0 aliphatic rings. The molecule has 1 atom stereocenters. The summed E-state index contributed by atoms with van der Waals surface area (Å²) in [6.07, 6.45) is 5.58. The van der Waals surface area contributed by atoms with Gasteiger partial charge in [-0.25, -0.2) is 0 Å². The van der Waals surface area contributed by atoms with Crippen LogP contribution in [-0.2, 0) is 20.0 Å². The molecule has 0 radical (unpaired) electrons. The number of rotatable bonds is 7. The second-order valence-corrected chi connectivity index (χ2v) is 4.19. The molecule has 2 aromatic heterocycles. The number of aliphatic hydroxyl groups is 1. The molecule has 2 rings (SSSR count). The SMILES string of the molecule is Cn1cnnc1CCNCC(O)Cn1cccn1. The topological polar surface area (TPSA) is 80.8 Å². The van der Waals surface area contributed by atoms with Crippen LogP contribution in [0.4, 0.5) is 0 Å². The van der Waals surface area contributed by atoms with Crippen molar-refractivity contribution in [2.45, 2.75) is 19.1 Å². The van der Waals surface area contributed by atoms with Crippen molar-refractivity contribution in [3.63, 3.8) is 0 Å². The molecule has 1 unspecified atom stereocenters. The molecular formula is C11H18N6O. The standard InChI is InChI=1S/C11H18N6O/c1-16-9-13-15-11(16)3-5-12-7-10(18)8-17-6-2-4-14-17/h2,4,6,9-10,12,18H,3,5,7-8H2,1H3. The Morgan fingerprint density at radius 1 is 1.50 bits per heavy atom. The lowest BCUT2D eigenvalue weighted by molar-refractivity contribution is 0.147. The monoisotopic (exact) mass is 250 g/mol. The maximum absolute atomic E-state index is 9.78. The Hall–Kier alpha value is -1.73. The maximum Gasteiger partial charge on any atom is 0.133 e. The van der Waals surface area contributed by atoms with E-state index in [2.05, 4.69) is 20.6 Å². The molecular weight excluding hydrogens is 232 g/mol. The minimum Gasteiger partial charge on any atom is -0.390 e. The Bertz CT molecular complexity index is 452. The summed E-state index contributed by atoms with van der Waals surface area (Å²) in [6.45, 7) is 1.81. The largest absolute Gasteiger partial charge is 0.390 e. The highest BCUT2D eigenvalue weighted by molar-refractivity contribution is 4.85. The quantitative estimate of drug-likeness (QED) is 0.629. The second-order valence-electron chi connectivity index (χ2n) is 4.19. The molecule has 0 saturated carbocycles. The molecule has 18 heavy (non-hydrogen) atoms. The Morgan fingerprint density at radius 3 is 3.06 bits per heavy atom. The summed E-state index contributed by atoms with van der Waals surface area (Å²) in [5, 5.41) is 24.8. The average Bonchev–Trinajstić information content (AvgIpc) is 2.97. The molecule has 0 amide bonds. The molecule has 7 heteroatoms. The van der Waals surface area contributed by atoms with E-state index in [1.165, 1.54) is 0 Å². The number of aryl methyl sites for hydroxylation is 1. The van der Waals surface area contributed by atoms with Gasteiger partial charge in [0.2, 0.25) is 0 Å². The molecule has 0 fully saturated rings. The van der Waals surface area contributed by atoms with E-state index in [0.29, 0.717) is 13.1 Å². The lowest BCUT2D eigenvalue weighted by Crippen LogP contribution is -2.31. The minimum absolute atomic E-state index is 0.440. The summed E-state index contributed by atoms with van der Waals surface area (Å²) in [5.74, 6) is 0.934. The molecule has 0 saturated heterocycles. The lowest BCUT2D eigenvalue weighted by Gasteiger charge is -2.11. The molecule has 2 heterocycles. The predicted octanol–water partition coefficient (Wildman–Crippen LogP) is -0.795. The average molecular weight is 250 g/mol. The van der Waals surface area contributed by atoms with Gasteiger partial charge in [0.15, 0.2) is 0 Å². The van der Waals surface area contributed by atoms with Gasteiger partial charge in [-0.1, -0.05) is 0 Å². The smallest absolute Gasteiger partial charge is 0.133 e. The molecule has 0 aliphatic carbocycles. The van der Waals surface area contributed by atoms with Gasteiger partial charge in [0.25, 0.3) is 0 Å². The van der Waals surface area contributed by atoms with E-state index in [9.17, 15) is 5.11 Å². The zero-order valence-electron chi connectivity index (χ0n) is 10.4. The highest BCUT2D eigenvalue weighted by Gasteiger charge is 2.05. The Kier molecular flexibility index (Phi) is 4.43. The molecule has 2 aromatic rings. The number of aromatic nitrogens is 5. The Labute approximate surface area is 105 Å². The van der Waals surface area contributed by atoms with Crippen molar-refractivity contribution in [2.75, 3.05) is 13.1 Å². The summed E-state index contributed by atoms with van der Waals surface area (Å²) in [7, 11) is 1.92. The van der Waals surface area contributed by atoms with Crippen molar-refractivity contribution >= 4 is 0 Å². The maximum atomic E-state index is 9.78. The second kappa shape index (κ2) is 6.27. The summed E-state index contributed by atoms with van der Waals surface area (Å²) in [6, 6.07) is 1.84. The fraction of sp³-hybridized carbons (Fsp3) is 0.545. The number of hydrogen-bond acceptors (Lipinski definition) is 5. The third kappa shape index (κ3) is 3.64. The van der Waals surface area contributed by atoms with Crippen LogP contribution in [0, 0.1) is 0 Å². The molecule has 0 bridgehead atoms. The van der Waals surface area contributed by atoms with Crippen LogP contribution in [0.15, 0.2) is 24.8 Å². The summed E-state index contributed by atoms with van der Waals surface area (Å²) in [5.41, 5.74) is 0. The van der Waals surface area contributed by atoms with Crippen molar-refractivity contribution in [1.82, 2.24) is 29.9 Å². The summed E-state index contributed by atoms with van der Waals surface area (Å²) in [4.78, 5) is 0. The van der Waals surface area contributed by atoms with Crippen LogP contribution in [-0.4, -0.2) is 48.8 Å². The van der Waals surface area contributed by atoms with Gasteiger partial charge in [-0.05, 0) is 6.07 Å². The molecule has 0 aliphatic heterocycles. The van der Waals surface area contributed by atoms with Crippen LogP contribution in [0.5, 0.6) is 0 Å². The third-order valence-corrected chi connectivity index (χ3v) is 2.67. The van der Waals surface area contributed by atoms with Crippen molar-refractivity contribution in [1.29, 1.82) is 0 Å². The first-order valence-corrected chi connectivity index (χ1v) is 5.95. The van der Waals surface area contributed by atoms with Gasteiger partial charge < -0.3 is 15.0 Å². The number of nitrogens with one attached hydrogen (secondary N) is 1. The van der Waals surface area contributed by atoms with Crippen LogP contribution in [0.1, 0.15) is 5.82 Å². The van der Waals surface area contributed by atoms with Crippen molar-refractivity contribution in [2.24, 2.45) is 7.05 Å². The number of nitrogens with zero attached hydrogens (tertiary/aromatic N) is 5. The van der Waals surface area contributed by atoms with Crippen LogP contribution in [0.2, 0.25) is 0 Å². The van der Waals surface area contributed by atoms with Gasteiger partial charge in [0.1, 0.15) is 12.2 Å². The fourth-order valence-electron chi connectivity index (χ4n) is 1.69. The van der Waals surface area contributed by atoms with Crippen LogP contribution >= 0.6 is 0 Å². The van der Waals surface area contributed by atoms with Crippen LogP contribution in [0.25, 0.3) is 0 Å². The molecule has 7 nitrogen and oxygen atoms in total. The van der Waals surface area contributed by atoms with Gasteiger partial charge in [-0.3, -0.25) is 4.68 Å². The number of hydrogen-bond donors (Lipinski definition) is 2. The van der Waals surface area contributed by atoms with Gasteiger partial charge >= 0.3 is 0 Å². The summed E-state index contributed by atoms with van der Waals surface area (Å²) < 4.78 is 3.61. The Morgan fingerprint density at radius 2 is 2.39 bits per heavy atom. The molecule has 98 valence electrons. The van der Waals surface area contributed by atoms with E-state index in [0.717, 1.165) is 18.8 Å². The Balaban J connectivity index is 1.62. The zero-order valence-corrected chi connectivity index (χ0v) is 10.4. The zero-order chi connectivity index (χ0) is 12.8. The highest BCUT2D eigenvalue weighted by atomic mass is 16.3. The van der Waals surface area contributed by atoms with E-state index in [1.54, 1.807) is 17.2 Å². The number of aliphatic hydroxyl groups excluding tert-OH is 1. The van der Waals surface area contributed by atoms with Gasteiger partial charge in [-0.2, -0.15) is 5.10 Å². The van der Waals surface area contributed by atoms with Gasteiger partial charge in [-0.15, -0.1) is 10.2 Å². The van der Waals surface area contributed by atoms with E-state index in [-0.39, 0.29) is 0 Å². The third-order valence-electron chi connectivity index (χ3n) is 2.67. The van der Waals surface area contributed by atoms with E-state index < -0.39 is 6.10 Å². The van der Waals surface area contributed by atoms with Crippen LogP contribution in [0.3, 0.4) is 0 Å². The normalized spacial score (nSPS) is 12.8. The first kappa shape index (κ1) is 12.7. The molecule has 0 aromatic carbocycles. The predicted molar refractivity (Wildman–Crippen MR) is 65.8 cm³/mol. The fourth-order valence-corrected chi connectivity index (χ4v) is 1.69. The molecule has 2 N–H and O–H groups in total. The van der Waals surface area contributed by atoms with Gasteiger partial charge in [0, 0.05) is 39.0 Å². The van der Waals surface area contributed by atoms with Gasteiger partial charge in [0.05, 0.1) is 12.6 Å². The molecule has 0 spiro atoms. The minimum atomic E-state index is -0.440. The first-order valence-electron chi connectivity index (χ1n) is 5.95. The van der Waals surface area contributed by atoms with Crippen LogP contribution < -0.4 is 5.32 Å². The van der Waals surface area contributed by atoms with Crippen molar-refractivity contribution in [3.05, 3.63) is 30.6 Å². The van der Waals surface area contributed by atoms with E-state index in [4.69, 9.17) is 0 Å². The van der Waals surface area contributed by atoms with E-state index in [1.807, 2.05) is 23.9 Å². The lowest BCUT2D eigenvalue weighted by atomic mass is 10.3. The van der Waals surface area contributed by atoms with E-state index >= 15 is 0 Å².